The first-order valence-corrected chi connectivity index (χ1v) is 7.22. The van der Waals surface area contributed by atoms with Gasteiger partial charge in [0.2, 0.25) is 0 Å². The normalized spacial score (nSPS) is 11.8. The molecule has 21 heavy (non-hydrogen) atoms. The summed E-state index contributed by atoms with van der Waals surface area (Å²) in [4.78, 5) is 0.447. The summed E-state index contributed by atoms with van der Waals surface area (Å²) in [6.07, 6.45) is -4.46. The van der Waals surface area contributed by atoms with Gasteiger partial charge in [0.1, 0.15) is 11.3 Å². The average Bonchev–Trinajstić information content (AvgIpc) is 3.07. The van der Waals surface area contributed by atoms with Gasteiger partial charge in [0.15, 0.2) is 5.76 Å². The lowest BCUT2D eigenvalue weighted by atomic mass is 10.1. The molecule has 0 saturated heterocycles. The van der Waals surface area contributed by atoms with Crippen molar-refractivity contribution in [3.05, 3.63) is 58.4 Å². The first-order valence-electron chi connectivity index (χ1n) is 5.96. The van der Waals surface area contributed by atoms with Crippen LogP contribution in [0.1, 0.15) is 5.56 Å². The van der Waals surface area contributed by atoms with Crippen molar-refractivity contribution in [2.45, 2.75) is 6.18 Å². The van der Waals surface area contributed by atoms with E-state index in [1.165, 1.54) is 11.3 Å². The molecule has 6 heteroatoms. The molecule has 1 nitrogen and oxygen atoms in total. The Morgan fingerprint density at radius 1 is 1.05 bits per heavy atom. The zero-order chi connectivity index (χ0) is 15.0. The molecular formula is C15H8ClF3OS. The molecule has 0 N–H and O–H groups in total. The molecule has 2 aromatic heterocycles. The number of thiophene rings is 1. The Labute approximate surface area is 127 Å². The van der Waals surface area contributed by atoms with E-state index in [2.05, 4.69) is 0 Å². The largest absolute Gasteiger partial charge is 0.455 e. The fraction of sp³-hybridized carbons (Fsp3) is 0.0667. The molecule has 1 aromatic carbocycles. The maximum absolute atomic E-state index is 13.2. The smallest absolute Gasteiger partial charge is 0.420 e. The van der Waals surface area contributed by atoms with E-state index in [9.17, 15) is 13.2 Å². The maximum atomic E-state index is 13.2. The standard InChI is InChI=1S/C15H8ClF3OS/c16-10-5-3-9(4-6-10)12-8-11(15(17,18)19)14(20-12)13-2-1-7-21-13/h1-8H. The maximum Gasteiger partial charge on any atom is 0.420 e. The molecule has 0 bridgehead atoms. The summed E-state index contributed by atoms with van der Waals surface area (Å²) in [7, 11) is 0. The van der Waals surface area contributed by atoms with Gasteiger partial charge in [-0.25, -0.2) is 0 Å². The van der Waals surface area contributed by atoms with Crippen LogP contribution in [-0.2, 0) is 6.18 Å². The Morgan fingerprint density at radius 3 is 2.33 bits per heavy atom. The Bertz CT molecular complexity index is 742. The summed E-state index contributed by atoms with van der Waals surface area (Å²) in [5.41, 5.74) is -0.220. The van der Waals surface area contributed by atoms with E-state index in [1.54, 1.807) is 41.8 Å². The molecular weight excluding hydrogens is 321 g/mol. The number of hydrogen-bond acceptors (Lipinski definition) is 2. The fourth-order valence-corrected chi connectivity index (χ4v) is 2.79. The third kappa shape index (κ3) is 2.84. The lowest BCUT2D eigenvalue weighted by molar-refractivity contribution is -0.137. The molecule has 3 rings (SSSR count). The SMILES string of the molecule is FC(F)(F)c1cc(-c2ccc(Cl)cc2)oc1-c1cccs1. The molecule has 0 radical (unpaired) electrons. The van der Waals surface area contributed by atoms with Crippen LogP contribution >= 0.6 is 22.9 Å². The molecule has 0 aliphatic carbocycles. The van der Waals surface area contributed by atoms with E-state index in [0.717, 1.165) is 6.07 Å². The van der Waals surface area contributed by atoms with E-state index >= 15 is 0 Å². The van der Waals surface area contributed by atoms with Crippen molar-refractivity contribution in [3.8, 4) is 22.0 Å². The molecule has 0 atom stereocenters. The second-order valence-electron chi connectivity index (χ2n) is 4.34. The van der Waals surface area contributed by atoms with Crippen LogP contribution in [0, 0.1) is 0 Å². The van der Waals surface area contributed by atoms with Crippen molar-refractivity contribution in [3.63, 3.8) is 0 Å². The van der Waals surface area contributed by atoms with Crippen LogP contribution < -0.4 is 0 Å². The van der Waals surface area contributed by atoms with Crippen LogP contribution in [0.15, 0.2) is 52.3 Å². The van der Waals surface area contributed by atoms with E-state index in [4.69, 9.17) is 16.0 Å². The predicted molar refractivity (Wildman–Crippen MR) is 77.5 cm³/mol. The Morgan fingerprint density at radius 2 is 1.76 bits per heavy atom. The molecule has 0 aliphatic rings. The van der Waals surface area contributed by atoms with Crippen molar-refractivity contribution < 1.29 is 17.6 Å². The van der Waals surface area contributed by atoms with E-state index in [-0.39, 0.29) is 11.5 Å². The molecule has 2 heterocycles. The summed E-state index contributed by atoms with van der Waals surface area (Å²) in [6.45, 7) is 0. The lowest BCUT2D eigenvalue weighted by Gasteiger charge is -2.04. The highest BCUT2D eigenvalue weighted by molar-refractivity contribution is 7.13. The quantitative estimate of drug-likeness (QED) is 0.534. The minimum absolute atomic E-state index is 0.151. The zero-order valence-corrected chi connectivity index (χ0v) is 12.0. The Balaban J connectivity index is 2.14. The average molecular weight is 329 g/mol. The minimum Gasteiger partial charge on any atom is -0.455 e. The topological polar surface area (TPSA) is 13.1 Å². The first kappa shape index (κ1) is 14.2. The number of furan rings is 1. The summed E-state index contributed by atoms with van der Waals surface area (Å²) >= 11 is 6.98. The van der Waals surface area contributed by atoms with Crippen LogP contribution in [-0.4, -0.2) is 0 Å². The van der Waals surface area contributed by atoms with Gasteiger partial charge >= 0.3 is 6.18 Å². The summed E-state index contributed by atoms with van der Waals surface area (Å²) < 4.78 is 44.9. The first-order chi connectivity index (χ1) is 9.95. The molecule has 108 valence electrons. The van der Waals surface area contributed by atoms with Gasteiger partial charge in [0.25, 0.3) is 0 Å². The van der Waals surface area contributed by atoms with Crippen molar-refractivity contribution in [1.82, 2.24) is 0 Å². The van der Waals surface area contributed by atoms with Crippen LogP contribution in [0.3, 0.4) is 0 Å². The molecule has 3 aromatic rings. The van der Waals surface area contributed by atoms with Gasteiger partial charge in [-0.2, -0.15) is 13.2 Å². The van der Waals surface area contributed by atoms with Gasteiger partial charge in [-0.05, 0) is 41.8 Å². The van der Waals surface area contributed by atoms with Gasteiger partial charge in [-0.15, -0.1) is 11.3 Å². The second-order valence-corrected chi connectivity index (χ2v) is 5.72. The zero-order valence-electron chi connectivity index (χ0n) is 10.4. The van der Waals surface area contributed by atoms with Crippen LogP contribution in [0.5, 0.6) is 0 Å². The molecule has 0 spiro atoms. The number of benzene rings is 1. The summed E-state index contributed by atoms with van der Waals surface area (Å²) in [5.74, 6) is 0.0184. The van der Waals surface area contributed by atoms with Crippen molar-refractivity contribution in [2.75, 3.05) is 0 Å². The number of rotatable bonds is 2. The van der Waals surface area contributed by atoms with Crippen molar-refractivity contribution in [2.24, 2.45) is 0 Å². The second kappa shape index (κ2) is 5.24. The van der Waals surface area contributed by atoms with E-state index in [0.29, 0.717) is 15.5 Å². The van der Waals surface area contributed by atoms with Crippen LogP contribution in [0.25, 0.3) is 22.0 Å². The van der Waals surface area contributed by atoms with Crippen LogP contribution in [0.2, 0.25) is 5.02 Å². The number of hydrogen-bond donors (Lipinski definition) is 0. The van der Waals surface area contributed by atoms with Gasteiger partial charge < -0.3 is 4.42 Å². The third-order valence-corrected chi connectivity index (χ3v) is 4.03. The highest BCUT2D eigenvalue weighted by Crippen LogP contribution is 2.43. The Kier molecular flexibility index (Phi) is 3.55. The fourth-order valence-electron chi connectivity index (χ4n) is 1.95. The predicted octanol–water partition coefficient (Wildman–Crippen LogP) is 6.35. The molecule has 0 saturated carbocycles. The highest BCUT2D eigenvalue weighted by Gasteiger charge is 2.37. The number of alkyl halides is 3. The highest BCUT2D eigenvalue weighted by atomic mass is 35.5. The van der Waals surface area contributed by atoms with Crippen molar-refractivity contribution >= 4 is 22.9 Å². The van der Waals surface area contributed by atoms with Crippen molar-refractivity contribution in [1.29, 1.82) is 0 Å². The molecule has 0 amide bonds. The lowest BCUT2D eigenvalue weighted by Crippen LogP contribution is -2.04. The van der Waals surface area contributed by atoms with Gasteiger partial charge in [-0.1, -0.05) is 17.7 Å². The third-order valence-electron chi connectivity index (χ3n) is 2.91. The van der Waals surface area contributed by atoms with Gasteiger partial charge in [0, 0.05) is 10.6 Å². The van der Waals surface area contributed by atoms with Gasteiger partial charge in [-0.3, -0.25) is 0 Å². The Hall–Kier alpha value is -1.72. The summed E-state index contributed by atoms with van der Waals surface area (Å²) in [6, 6.07) is 10.8. The molecule has 0 aliphatic heterocycles. The van der Waals surface area contributed by atoms with Crippen LogP contribution in [0.4, 0.5) is 13.2 Å². The molecule has 0 unspecified atom stereocenters. The van der Waals surface area contributed by atoms with Gasteiger partial charge in [0.05, 0.1) is 4.88 Å². The minimum atomic E-state index is -4.46. The van der Waals surface area contributed by atoms with E-state index in [1.807, 2.05) is 0 Å². The number of halogens is 4. The monoisotopic (exact) mass is 328 g/mol. The summed E-state index contributed by atoms with van der Waals surface area (Å²) in [5, 5.41) is 2.22. The molecule has 0 fully saturated rings. The van der Waals surface area contributed by atoms with E-state index < -0.39 is 11.7 Å².